The summed E-state index contributed by atoms with van der Waals surface area (Å²) >= 11 is 12.0. The van der Waals surface area contributed by atoms with Gasteiger partial charge in [-0.25, -0.2) is 4.68 Å². The van der Waals surface area contributed by atoms with Gasteiger partial charge in [0, 0.05) is 31.9 Å². The Balaban J connectivity index is 2.02. The van der Waals surface area contributed by atoms with Crippen molar-refractivity contribution in [1.29, 1.82) is 0 Å². The zero-order valence-corrected chi connectivity index (χ0v) is 19.8. The zero-order chi connectivity index (χ0) is 24.1. The predicted molar refractivity (Wildman–Crippen MR) is 118 cm³/mol. The van der Waals surface area contributed by atoms with Crippen molar-refractivity contribution in [3.8, 4) is 0 Å². The van der Waals surface area contributed by atoms with E-state index >= 15 is 0 Å². The number of allylic oxidation sites excluding steroid dienone is 4. The van der Waals surface area contributed by atoms with Gasteiger partial charge in [-0.3, -0.25) is 4.79 Å². The average Bonchev–Trinajstić information content (AvgIpc) is 3.06. The third-order valence-electron chi connectivity index (χ3n) is 5.10. The van der Waals surface area contributed by atoms with Gasteiger partial charge in [-0.05, 0) is 25.5 Å². The third-order valence-corrected chi connectivity index (χ3v) is 5.89. The van der Waals surface area contributed by atoms with Crippen molar-refractivity contribution in [2.75, 3.05) is 33.3 Å². The van der Waals surface area contributed by atoms with Crippen LogP contribution in [0.4, 0.5) is 13.2 Å². The Bertz CT molecular complexity index is 902. The molecule has 0 bridgehead atoms. The molecular weight excluding hydrogens is 468 g/mol. The predicted octanol–water partition coefficient (Wildman–Crippen LogP) is 4.84. The second-order valence-electron chi connectivity index (χ2n) is 7.32. The van der Waals surface area contributed by atoms with Crippen LogP contribution in [0.2, 0.25) is 5.02 Å². The molecule has 0 radical (unpaired) electrons. The van der Waals surface area contributed by atoms with E-state index in [1.165, 1.54) is 12.0 Å². The van der Waals surface area contributed by atoms with Crippen molar-refractivity contribution in [3.63, 3.8) is 0 Å². The van der Waals surface area contributed by atoms with Crippen LogP contribution < -0.4 is 0 Å². The Kier molecular flexibility index (Phi) is 9.09. The molecule has 0 aromatic carbocycles. The molecule has 1 saturated heterocycles. The minimum Gasteiger partial charge on any atom is -0.500 e. The van der Waals surface area contributed by atoms with Gasteiger partial charge in [0.1, 0.15) is 12.3 Å². The molecular formula is C21H27Cl2F3N4O2. The SMILES string of the molecule is C=C(/C=C\C(Cl)=C(/C)OC)N1CCN(C(=O)Cn2nc(CCC)c(Cl)c2C(F)(F)F)CC1. The van der Waals surface area contributed by atoms with E-state index in [1.54, 1.807) is 19.1 Å². The van der Waals surface area contributed by atoms with Gasteiger partial charge in [0.2, 0.25) is 5.91 Å². The summed E-state index contributed by atoms with van der Waals surface area (Å²) in [6, 6.07) is 0. The maximum Gasteiger partial charge on any atom is 0.434 e. The normalized spacial score (nSPS) is 15.9. The number of carbonyl (C=O) groups excluding carboxylic acids is 1. The first-order valence-corrected chi connectivity index (χ1v) is 10.9. The Morgan fingerprint density at radius 1 is 1.22 bits per heavy atom. The summed E-state index contributed by atoms with van der Waals surface area (Å²) in [4.78, 5) is 16.2. The van der Waals surface area contributed by atoms with Crippen LogP contribution in [-0.2, 0) is 28.7 Å². The maximum absolute atomic E-state index is 13.5. The van der Waals surface area contributed by atoms with E-state index in [2.05, 4.69) is 11.7 Å². The Labute approximate surface area is 195 Å². The number of nitrogens with zero attached hydrogens (tertiary/aromatic N) is 4. The van der Waals surface area contributed by atoms with Gasteiger partial charge in [-0.15, -0.1) is 0 Å². The van der Waals surface area contributed by atoms with Crippen LogP contribution in [0.5, 0.6) is 0 Å². The number of aromatic nitrogens is 2. The fourth-order valence-corrected chi connectivity index (χ4v) is 3.71. The highest BCUT2D eigenvalue weighted by molar-refractivity contribution is 6.32. The topological polar surface area (TPSA) is 50.6 Å². The van der Waals surface area contributed by atoms with Crippen molar-refractivity contribution in [1.82, 2.24) is 19.6 Å². The maximum atomic E-state index is 13.5. The number of ether oxygens (including phenoxy) is 1. The van der Waals surface area contributed by atoms with Gasteiger partial charge in [0.05, 0.1) is 22.9 Å². The molecule has 0 atom stereocenters. The number of alkyl halides is 3. The van der Waals surface area contributed by atoms with Crippen LogP contribution >= 0.6 is 23.2 Å². The number of methoxy groups -OCH3 is 1. The first-order chi connectivity index (χ1) is 15.0. The highest BCUT2D eigenvalue weighted by Crippen LogP contribution is 2.37. The Morgan fingerprint density at radius 3 is 2.34 bits per heavy atom. The van der Waals surface area contributed by atoms with E-state index < -0.39 is 29.3 Å². The lowest BCUT2D eigenvalue weighted by molar-refractivity contribution is -0.146. The molecule has 0 unspecified atom stereocenters. The standard InChI is InChI=1S/C21H27Cl2F3N4O2/c1-5-6-17-19(23)20(21(24,25)26)30(27-17)13-18(31)29-11-9-28(10-12-29)14(2)7-8-16(22)15(3)32-4/h7-8H,2,5-6,9-13H2,1,3-4H3/b8-7-,16-15-. The van der Waals surface area contributed by atoms with E-state index in [0.29, 0.717) is 60.2 Å². The second-order valence-corrected chi connectivity index (χ2v) is 8.10. The second kappa shape index (κ2) is 11.1. The highest BCUT2D eigenvalue weighted by atomic mass is 35.5. The first-order valence-electron chi connectivity index (χ1n) is 10.1. The van der Waals surface area contributed by atoms with Gasteiger partial charge in [0.25, 0.3) is 0 Å². The summed E-state index contributed by atoms with van der Waals surface area (Å²) in [6.45, 7) is 8.73. The monoisotopic (exact) mass is 494 g/mol. The number of halogens is 5. The molecule has 2 rings (SSSR count). The van der Waals surface area contributed by atoms with Crippen LogP contribution in [0.15, 0.2) is 35.2 Å². The Hall–Kier alpha value is -2.13. The lowest BCUT2D eigenvalue weighted by atomic mass is 10.2. The minimum atomic E-state index is -4.70. The summed E-state index contributed by atoms with van der Waals surface area (Å²) in [5.41, 5.74) is -0.218. The van der Waals surface area contributed by atoms with E-state index in [0.717, 1.165) is 0 Å². The molecule has 0 saturated carbocycles. The largest absolute Gasteiger partial charge is 0.500 e. The third kappa shape index (κ3) is 6.45. The van der Waals surface area contributed by atoms with E-state index in [-0.39, 0.29) is 5.69 Å². The van der Waals surface area contributed by atoms with Crippen LogP contribution in [-0.4, -0.2) is 58.8 Å². The molecule has 6 nitrogen and oxygen atoms in total. The fraction of sp³-hybridized carbons (Fsp3) is 0.524. The molecule has 11 heteroatoms. The number of rotatable bonds is 8. The summed E-state index contributed by atoms with van der Waals surface area (Å²) in [5, 5.41) is 3.98. The molecule has 1 aliphatic rings. The molecule has 0 N–H and O–H groups in total. The van der Waals surface area contributed by atoms with Crippen LogP contribution in [0.3, 0.4) is 0 Å². The number of hydrogen-bond acceptors (Lipinski definition) is 4. The van der Waals surface area contributed by atoms with Crippen LogP contribution in [0.1, 0.15) is 31.7 Å². The number of piperazine rings is 1. The van der Waals surface area contributed by atoms with Gasteiger partial charge < -0.3 is 14.5 Å². The molecule has 0 aliphatic carbocycles. The number of aryl methyl sites for hydroxylation is 1. The average molecular weight is 495 g/mol. The van der Waals surface area contributed by atoms with E-state index in [9.17, 15) is 18.0 Å². The highest BCUT2D eigenvalue weighted by Gasteiger charge is 2.40. The molecule has 1 fully saturated rings. The zero-order valence-electron chi connectivity index (χ0n) is 18.3. The van der Waals surface area contributed by atoms with Crippen molar-refractivity contribution in [3.05, 3.63) is 51.6 Å². The number of hydrogen-bond donors (Lipinski definition) is 0. The summed E-state index contributed by atoms with van der Waals surface area (Å²) in [6.07, 6.45) is -0.377. The molecule has 2 heterocycles. The number of carbonyl (C=O) groups is 1. The minimum absolute atomic E-state index is 0.151. The summed E-state index contributed by atoms with van der Waals surface area (Å²) in [7, 11) is 1.52. The smallest absolute Gasteiger partial charge is 0.434 e. The van der Waals surface area contributed by atoms with Crippen LogP contribution in [0, 0.1) is 0 Å². The lowest BCUT2D eigenvalue weighted by Gasteiger charge is -2.36. The number of amides is 1. The molecule has 1 aromatic heterocycles. The van der Waals surface area contributed by atoms with Crippen LogP contribution in [0.25, 0.3) is 0 Å². The summed E-state index contributed by atoms with van der Waals surface area (Å²) in [5.74, 6) is 0.130. The molecule has 32 heavy (non-hydrogen) atoms. The Morgan fingerprint density at radius 2 is 1.81 bits per heavy atom. The van der Waals surface area contributed by atoms with E-state index in [1.807, 2.05) is 11.8 Å². The van der Waals surface area contributed by atoms with Gasteiger partial charge in [-0.1, -0.05) is 43.1 Å². The van der Waals surface area contributed by atoms with Crippen molar-refractivity contribution < 1.29 is 22.7 Å². The molecule has 1 aromatic rings. The first kappa shape index (κ1) is 26.1. The summed E-state index contributed by atoms with van der Waals surface area (Å²) < 4.78 is 46.2. The van der Waals surface area contributed by atoms with Crippen molar-refractivity contribution in [2.24, 2.45) is 0 Å². The van der Waals surface area contributed by atoms with Crippen molar-refractivity contribution in [2.45, 2.75) is 39.4 Å². The molecule has 1 aliphatic heterocycles. The molecule has 1 amide bonds. The lowest BCUT2D eigenvalue weighted by Crippen LogP contribution is -2.49. The van der Waals surface area contributed by atoms with E-state index in [4.69, 9.17) is 27.9 Å². The van der Waals surface area contributed by atoms with Crippen molar-refractivity contribution >= 4 is 29.1 Å². The fourth-order valence-electron chi connectivity index (χ4n) is 3.23. The van der Waals surface area contributed by atoms with Gasteiger partial charge >= 0.3 is 6.18 Å². The van der Waals surface area contributed by atoms with Gasteiger partial charge in [0.15, 0.2) is 5.69 Å². The quantitative estimate of drug-likeness (QED) is 0.383. The van der Waals surface area contributed by atoms with Gasteiger partial charge in [-0.2, -0.15) is 18.3 Å². The molecule has 178 valence electrons. The molecule has 0 spiro atoms.